The van der Waals surface area contributed by atoms with Gasteiger partial charge in [-0.2, -0.15) is 0 Å². The summed E-state index contributed by atoms with van der Waals surface area (Å²) >= 11 is 0. The van der Waals surface area contributed by atoms with Gasteiger partial charge in [-0.15, -0.1) is 0 Å². The van der Waals surface area contributed by atoms with Crippen molar-refractivity contribution in [2.45, 2.75) is 0 Å². The summed E-state index contributed by atoms with van der Waals surface area (Å²) in [4.78, 5) is 12.5. The van der Waals surface area contributed by atoms with Crippen LogP contribution in [0.4, 0.5) is 0 Å². The van der Waals surface area contributed by atoms with Gasteiger partial charge >= 0.3 is 0 Å². The summed E-state index contributed by atoms with van der Waals surface area (Å²) in [6, 6.07) is 10.3. The number of aryl methyl sites for hydroxylation is 1. The minimum Gasteiger partial charge on any atom is -0.508 e. The highest BCUT2D eigenvalue weighted by atomic mass is 16.5. The molecule has 0 radical (unpaired) electrons. The van der Waals surface area contributed by atoms with Crippen molar-refractivity contribution in [1.82, 2.24) is 4.57 Å². The van der Waals surface area contributed by atoms with Gasteiger partial charge in [0.2, 0.25) is 5.78 Å². The van der Waals surface area contributed by atoms with E-state index in [4.69, 9.17) is 9.47 Å². The number of carbonyl (C=O) groups excluding carboxylic acids is 1. The lowest BCUT2D eigenvalue weighted by Crippen LogP contribution is -1.97. The van der Waals surface area contributed by atoms with Gasteiger partial charge in [-0.1, -0.05) is 0 Å². The van der Waals surface area contributed by atoms with Crippen molar-refractivity contribution in [3.05, 3.63) is 59.5 Å². The minimum absolute atomic E-state index is 0.0673. The van der Waals surface area contributed by atoms with Crippen LogP contribution in [-0.4, -0.2) is 22.6 Å². The number of Topliss-reactive ketones (excluding diaryl/α,β-unsaturated/α-hetero) is 1. The Kier molecular flexibility index (Phi) is 3.09. The molecule has 1 aromatic heterocycles. The zero-order chi connectivity index (χ0) is 16.8. The molecule has 4 rings (SSSR count). The number of nitrogens with zero attached hydrogens (tertiary/aromatic N) is 1. The van der Waals surface area contributed by atoms with Gasteiger partial charge < -0.3 is 19.1 Å². The van der Waals surface area contributed by atoms with E-state index in [9.17, 15) is 9.90 Å². The molecule has 2 heterocycles. The van der Waals surface area contributed by atoms with E-state index in [-0.39, 0.29) is 17.3 Å². The van der Waals surface area contributed by atoms with E-state index in [1.54, 1.807) is 19.3 Å². The fourth-order valence-corrected chi connectivity index (χ4v) is 2.96. The van der Waals surface area contributed by atoms with Crippen molar-refractivity contribution in [3.8, 4) is 17.2 Å². The van der Waals surface area contributed by atoms with Crippen LogP contribution in [0.3, 0.4) is 0 Å². The van der Waals surface area contributed by atoms with Crippen molar-refractivity contribution in [3.63, 3.8) is 0 Å². The van der Waals surface area contributed by atoms with Crippen LogP contribution in [0.25, 0.3) is 17.0 Å². The Morgan fingerprint density at radius 3 is 2.83 bits per heavy atom. The lowest BCUT2D eigenvalue weighted by molar-refractivity contribution is 0.101. The summed E-state index contributed by atoms with van der Waals surface area (Å²) < 4.78 is 12.9. The number of methoxy groups -OCH3 is 1. The van der Waals surface area contributed by atoms with Gasteiger partial charge in [-0.05, 0) is 36.4 Å². The molecule has 0 unspecified atom stereocenters. The summed E-state index contributed by atoms with van der Waals surface area (Å²) in [5.41, 5.74) is 2.35. The molecule has 0 saturated heterocycles. The molecule has 1 aliphatic rings. The Hall–Kier alpha value is -3.21. The molecule has 0 aliphatic carbocycles. The molecule has 0 spiro atoms. The Labute approximate surface area is 138 Å². The van der Waals surface area contributed by atoms with Gasteiger partial charge in [0.25, 0.3) is 0 Å². The molecule has 5 nitrogen and oxygen atoms in total. The maximum atomic E-state index is 12.5. The fourth-order valence-electron chi connectivity index (χ4n) is 2.96. The second-order valence-corrected chi connectivity index (χ2v) is 5.70. The molecule has 0 saturated carbocycles. The average Bonchev–Trinajstić information content (AvgIpc) is 3.05. The Morgan fingerprint density at radius 1 is 1.21 bits per heavy atom. The number of rotatable bonds is 2. The van der Waals surface area contributed by atoms with E-state index >= 15 is 0 Å². The van der Waals surface area contributed by atoms with Crippen molar-refractivity contribution >= 4 is 22.8 Å². The maximum Gasteiger partial charge on any atom is 0.231 e. The number of phenolic OH excluding ortho intramolecular Hbond substituents is 1. The van der Waals surface area contributed by atoms with Gasteiger partial charge in [0, 0.05) is 35.8 Å². The molecular formula is C19H15NO4. The van der Waals surface area contributed by atoms with Crippen molar-refractivity contribution in [2.24, 2.45) is 7.05 Å². The third-order valence-electron chi connectivity index (χ3n) is 4.17. The molecule has 24 heavy (non-hydrogen) atoms. The second-order valence-electron chi connectivity index (χ2n) is 5.70. The lowest BCUT2D eigenvalue weighted by Gasteiger charge is -2.01. The average molecular weight is 321 g/mol. The monoisotopic (exact) mass is 321 g/mol. The van der Waals surface area contributed by atoms with Crippen LogP contribution >= 0.6 is 0 Å². The summed E-state index contributed by atoms with van der Waals surface area (Å²) in [7, 11) is 3.57. The number of hydrogen-bond donors (Lipinski definition) is 1. The Balaban J connectivity index is 1.82. The van der Waals surface area contributed by atoms with E-state index in [2.05, 4.69) is 0 Å². The molecule has 2 aromatic carbocycles. The predicted octanol–water partition coefficient (Wildman–Crippen LogP) is 3.51. The van der Waals surface area contributed by atoms with Crippen molar-refractivity contribution in [1.29, 1.82) is 0 Å². The highest BCUT2D eigenvalue weighted by Gasteiger charge is 2.27. The highest BCUT2D eigenvalue weighted by Crippen LogP contribution is 2.35. The number of allylic oxidation sites excluding steroid dienone is 1. The smallest absolute Gasteiger partial charge is 0.231 e. The SMILES string of the molecule is COc1ccc2c(c1)c(/C=C1\Oc3cc(O)ccc3C1=O)cn2C. The first kappa shape index (κ1) is 14.4. The lowest BCUT2D eigenvalue weighted by atomic mass is 10.1. The number of phenols is 1. The molecule has 0 atom stereocenters. The first-order valence-electron chi connectivity index (χ1n) is 7.47. The van der Waals surface area contributed by atoms with Crippen LogP contribution in [0.5, 0.6) is 17.2 Å². The molecule has 3 aromatic rings. The summed E-state index contributed by atoms with van der Waals surface area (Å²) in [6.07, 6.45) is 3.66. The maximum absolute atomic E-state index is 12.5. The number of hydrogen-bond acceptors (Lipinski definition) is 4. The largest absolute Gasteiger partial charge is 0.508 e. The van der Waals surface area contributed by atoms with Crippen LogP contribution in [-0.2, 0) is 7.05 Å². The number of fused-ring (bicyclic) bond motifs is 2. The molecule has 0 amide bonds. The van der Waals surface area contributed by atoms with Crippen LogP contribution in [0, 0.1) is 0 Å². The van der Waals surface area contributed by atoms with E-state index in [1.165, 1.54) is 12.1 Å². The molecule has 5 heteroatoms. The van der Waals surface area contributed by atoms with Gasteiger partial charge in [-0.25, -0.2) is 0 Å². The van der Waals surface area contributed by atoms with E-state index in [0.717, 1.165) is 22.2 Å². The van der Waals surface area contributed by atoms with E-state index in [1.807, 2.05) is 36.0 Å². The molecule has 120 valence electrons. The van der Waals surface area contributed by atoms with Gasteiger partial charge in [0.1, 0.15) is 17.2 Å². The summed E-state index contributed by atoms with van der Waals surface area (Å²) in [5, 5.41) is 10.5. The number of carbonyl (C=O) groups is 1. The fraction of sp³-hybridized carbons (Fsp3) is 0.105. The van der Waals surface area contributed by atoms with Crippen LogP contribution < -0.4 is 9.47 Å². The quantitative estimate of drug-likeness (QED) is 0.734. The number of aromatic hydroxyl groups is 1. The number of ketones is 1. The topological polar surface area (TPSA) is 60.7 Å². The van der Waals surface area contributed by atoms with Crippen LogP contribution in [0.2, 0.25) is 0 Å². The zero-order valence-corrected chi connectivity index (χ0v) is 13.2. The first-order valence-corrected chi connectivity index (χ1v) is 7.47. The summed E-state index contributed by atoms with van der Waals surface area (Å²) in [5.74, 6) is 1.25. The van der Waals surface area contributed by atoms with E-state index < -0.39 is 0 Å². The number of ether oxygens (including phenoxy) is 2. The third kappa shape index (κ3) is 2.13. The van der Waals surface area contributed by atoms with Gasteiger partial charge in [0.15, 0.2) is 5.76 Å². The standard InChI is InChI=1S/C19H15NO4/c1-20-10-11(15-9-13(23-2)4-6-16(15)20)7-18-19(22)14-5-3-12(21)8-17(14)24-18/h3-10,21H,1-2H3/b18-7-. The first-order chi connectivity index (χ1) is 11.6. The number of aromatic nitrogens is 1. The Bertz CT molecular complexity index is 1010. The van der Waals surface area contributed by atoms with Crippen molar-refractivity contribution < 1.29 is 19.4 Å². The molecule has 0 fully saturated rings. The molecular weight excluding hydrogens is 306 g/mol. The highest BCUT2D eigenvalue weighted by molar-refractivity contribution is 6.15. The summed E-state index contributed by atoms with van der Waals surface area (Å²) in [6.45, 7) is 0. The van der Waals surface area contributed by atoms with E-state index in [0.29, 0.717) is 11.3 Å². The molecule has 0 bridgehead atoms. The van der Waals surface area contributed by atoms with Crippen LogP contribution in [0.15, 0.2) is 48.4 Å². The normalized spacial score (nSPS) is 14.9. The van der Waals surface area contributed by atoms with Crippen molar-refractivity contribution in [2.75, 3.05) is 7.11 Å². The Morgan fingerprint density at radius 2 is 2.04 bits per heavy atom. The van der Waals surface area contributed by atoms with Gasteiger partial charge in [-0.3, -0.25) is 4.79 Å². The zero-order valence-electron chi connectivity index (χ0n) is 13.2. The minimum atomic E-state index is -0.190. The molecule has 1 aliphatic heterocycles. The number of benzene rings is 2. The second kappa shape index (κ2) is 5.16. The third-order valence-corrected chi connectivity index (χ3v) is 4.17. The van der Waals surface area contributed by atoms with Gasteiger partial charge in [0.05, 0.1) is 12.7 Å². The molecule has 1 N–H and O–H groups in total. The predicted molar refractivity (Wildman–Crippen MR) is 90.5 cm³/mol. The van der Waals surface area contributed by atoms with Crippen LogP contribution in [0.1, 0.15) is 15.9 Å².